The standard InChI is InChI=1S/C32H20BrClN2O3/c33-21-13-9-18(10-14-21)26-27(28(37)19-11-15-22(34)16-12-19)36-29(23-6-2-1-5-20(23)17-35-36)32(26)30(38)24-7-3-4-8-25(24)31(32)39/h1-17,26-27,29H/t26-,27-,29-/m0/s1. The number of benzene rings is 4. The van der Waals surface area contributed by atoms with Crippen LogP contribution in [0.4, 0.5) is 0 Å². The molecular weight excluding hydrogens is 576 g/mol. The second-order valence-corrected chi connectivity index (χ2v) is 11.4. The molecule has 39 heavy (non-hydrogen) atoms. The van der Waals surface area contributed by atoms with Gasteiger partial charge in [0.05, 0.1) is 12.3 Å². The van der Waals surface area contributed by atoms with E-state index < -0.39 is 23.4 Å². The molecule has 190 valence electrons. The second kappa shape index (κ2) is 8.83. The van der Waals surface area contributed by atoms with E-state index in [2.05, 4.69) is 15.9 Å². The molecule has 7 heteroatoms. The first kappa shape index (κ1) is 24.2. The quantitative estimate of drug-likeness (QED) is 0.191. The number of ketones is 3. The van der Waals surface area contributed by atoms with Crippen LogP contribution in [0.15, 0.2) is 107 Å². The Morgan fingerprint density at radius 1 is 0.821 bits per heavy atom. The number of hydrogen-bond donors (Lipinski definition) is 0. The summed E-state index contributed by atoms with van der Waals surface area (Å²) in [5.74, 6) is -1.57. The summed E-state index contributed by atoms with van der Waals surface area (Å²) in [6, 6.07) is 27.1. The van der Waals surface area contributed by atoms with Crippen molar-refractivity contribution in [2.75, 3.05) is 0 Å². The van der Waals surface area contributed by atoms with Crippen LogP contribution in [-0.4, -0.2) is 34.6 Å². The Morgan fingerprint density at radius 3 is 2.10 bits per heavy atom. The van der Waals surface area contributed by atoms with Gasteiger partial charge in [-0.2, -0.15) is 5.10 Å². The summed E-state index contributed by atoms with van der Waals surface area (Å²) in [4.78, 5) is 43.7. The Morgan fingerprint density at radius 2 is 1.44 bits per heavy atom. The lowest BCUT2D eigenvalue weighted by Gasteiger charge is -2.36. The smallest absolute Gasteiger partial charge is 0.187 e. The summed E-state index contributed by atoms with van der Waals surface area (Å²) < 4.78 is 0.854. The summed E-state index contributed by atoms with van der Waals surface area (Å²) >= 11 is 9.63. The minimum atomic E-state index is -1.59. The van der Waals surface area contributed by atoms with Crippen LogP contribution in [0.2, 0.25) is 5.02 Å². The van der Waals surface area contributed by atoms with Crippen LogP contribution >= 0.6 is 27.5 Å². The lowest BCUT2D eigenvalue weighted by molar-refractivity contribution is 0.0586. The van der Waals surface area contributed by atoms with Crippen LogP contribution in [0.5, 0.6) is 0 Å². The van der Waals surface area contributed by atoms with Crippen molar-refractivity contribution in [3.63, 3.8) is 0 Å². The number of Topliss-reactive ketones (excluding diaryl/α,β-unsaturated/α-hetero) is 3. The van der Waals surface area contributed by atoms with Crippen molar-refractivity contribution in [3.05, 3.63) is 140 Å². The number of rotatable bonds is 3. The van der Waals surface area contributed by atoms with Crippen molar-refractivity contribution in [2.24, 2.45) is 10.5 Å². The molecule has 4 aromatic rings. The van der Waals surface area contributed by atoms with Crippen molar-refractivity contribution < 1.29 is 14.4 Å². The molecule has 1 spiro atoms. The van der Waals surface area contributed by atoms with Gasteiger partial charge in [-0.25, -0.2) is 0 Å². The lowest BCUT2D eigenvalue weighted by Crippen LogP contribution is -2.43. The molecule has 0 radical (unpaired) electrons. The highest BCUT2D eigenvalue weighted by Gasteiger charge is 2.72. The minimum Gasteiger partial charge on any atom is -0.293 e. The van der Waals surface area contributed by atoms with Gasteiger partial charge in [-0.3, -0.25) is 19.4 Å². The fourth-order valence-corrected chi connectivity index (χ4v) is 6.99. The summed E-state index contributed by atoms with van der Waals surface area (Å²) in [6.07, 6.45) is 1.71. The highest BCUT2D eigenvalue weighted by molar-refractivity contribution is 9.10. The SMILES string of the molecule is O=C(c1ccc(Cl)cc1)[C@@H]1[C@H](c2ccc(Br)cc2)C2(C(=O)c3ccccc3C2=O)[C@@H]2c3ccccc3C=NN12. The molecular formula is C32H20BrClN2O3. The average molecular weight is 596 g/mol. The Bertz CT molecular complexity index is 1680. The average Bonchev–Trinajstić information content (AvgIpc) is 3.40. The molecule has 7 rings (SSSR count). The van der Waals surface area contributed by atoms with Gasteiger partial charge in [-0.1, -0.05) is 88.2 Å². The fraction of sp³-hybridized carbons (Fsp3) is 0.125. The molecule has 4 aromatic carbocycles. The first-order valence-corrected chi connectivity index (χ1v) is 13.7. The number of carbonyl (C=O) groups excluding carboxylic acids is 3. The van der Waals surface area contributed by atoms with Crippen molar-refractivity contribution in [3.8, 4) is 0 Å². The maximum Gasteiger partial charge on any atom is 0.187 e. The predicted molar refractivity (Wildman–Crippen MR) is 153 cm³/mol. The van der Waals surface area contributed by atoms with Gasteiger partial charge >= 0.3 is 0 Å². The number of halogens is 2. The largest absolute Gasteiger partial charge is 0.293 e. The third kappa shape index (κ3) is 3.31. The molecule has 1 fully saturated rings. The highest BCUT2D eigenvalue weighted by atomic mass is 79.9. The molecule has 0 amide bonds. The van der Waals surface area contributed by atoms with Gasteiger partial charge in [0.2, 0.25) is 0 Å². The first-order valence-electron chi connectivity index (χ1n) is 12.6. The normalized spacial score (nSPS) is 22.1. The van der Waals surface area contributed by atoms with Crippen LogP contribution in [0.1, 0.15) is 59.7 Å². The Labute approximate surface area is 238 Å². The molecule has 0 saturated carbocycles. The van der Waals surface area contributed by atoms with Crippen LogP contribution in [0.25, 0.3) is 0 Å². The predicted octanol–water partition coefficient (Wildman–Crippen LogP) is 6.91. The summed E-state index contributed by atoms with van der Waals surface area (Å²) in [5.41, 5.74) is 1.97. The van der Waals surface area contributed by atoms with Crippen molar-refractivity contribution in [1.82, 2.24) is 5.01 Å². The zero-order valence-electron chi connectivity index (χ0n) is 20.4. The Balaban J connectivity index is 1.55. The van der Waals surface area contributed by atoms with Crippen molar-refractivity contribution in [2.45, 2.75) is 18.0 Å². The fourth-order valence-electron chi connectivity index (χ4n) is 6.60. The van der Waals surface area contributed by atoms with Gasteiger partial charge in [-0.05, 0) is 53.1 Å². The minimum absolute atomic E-state index is 0.227. The molecule has 1 aliphatic carbocycles. The maximum atomic E-state index is 14.7. The Hall–Kier alpha value is -3.87. The van der Waals surface area contributed by atoms with Crippen LogP contribution in [-0.2, 0) is 0 Å². The molecule has 5 nitrogen and oxygen atoms in total. The van der Waals surface area contributed by atoms with E-state index in [4.69, 9.17) is 16.7 Å². The molecule has 3 aliphatic rings. The first-order chi connectivity index (χ1) is 18.9. The zero-order valence-corrected chi connectivity index (χ0v) is 22.8. The summed E-state index contributed by atoms with van der Waals surface area (Å²) in [6.45, 7) is 0. The number of carbonyl (C=O) groups is 3. The zero-order chi connectivity index (χ0) is 26.9. The Kier molecular flexibility index (Phi) is 5.48. The van der Waals surface area contributed by atoms with E-state index >= 15 is 0 Å². The van der Waals surface area contributed by atoms with Crippen molar-refractivity contribution in [1.29, 1.82) is 0 Å². The lowest BCUT2D eigenvalue weighted by atomic mass is 9.63. The van der Waals surface area contributed by atoms with E-state index in [1.165, 1.54) is 0 Å². The summed E-state index contributed by atoms with van der Waals surface area (Å²) in [7, 11) is 0. The third-order valence-electron chi connectivity index (χ3n) is 8.20. The molecule has 0 aromatic heterocycles. The van der Waals surface area contributed by atoms with E-state index in [1.807, 2.05) is 48.5 Å². The maximum absolute atomic E-state index is 14.7. The molecule has 2 heterocycles. The highest BCUT2D eigenvalue weighted by Crippen LogP contribution is 2.64. The number of nitrogens with zero attached hydrogens (tertiary/aromatic N) is 2. The van der Waals surface area contributed by atoms with E-state index in [-0.39, 0.29) is 17.3 Å². The molecule has 0 unspecified atom stereocenters. The topological polar surface area (TPSA) is 66.8 Å². The van der Waals surface area contributed by atoms with E-state index in [0.717, 1.165) is 21.2 Å². The van der Waals surface area contributed by atoms with Gasteiger partial charge in [0.15, 0.2) is 17.3 Å². The van der Waals surface area contributed by atoms with Crippen LogP contribution < -0.4 is 0 Å². The van der Waals surface area contributed by atoms with E-state index in [9.17, 15) is 14.4 Å². The van der Waals surface area contributed by atoms with Gasteiger partial charge in [0.1, 0.15) is 11.5 Å². The monoisotopic (exact) mass is 594 g/mol. The molecule has 1 saturated heterocycles. The molecule has 0 bridgehead atoms. The molecule has 3 atom stereocenters. The number of hydrogen-bond acceptors (Lipinski definition) is 5. The molecule has 0 N–H and O–H groups in total. The van der Waals surface area contributed by atoms with E-state index in [0.29, 0.717) is 21.7 Å². The van der Waals surface area contributed by atoms with Crippen LogP contribution in [0.3, 0.4) is 0 Å². The number of fused-ring (bicyclic) bond motifs is 5. The molecule has 2 aliphatic heterocycles. The van der Waals surface area contributed by atoms with Gasteiger partial charge in [0.25, 0.3) is 0 Å². The van der Waals surface area contributed by atoms with Crippen LogP contribution in [0, 0.1) is 5.41 Å². The second-order valence-electron chi connectivity index (χ2n) is 10.1. The van der Waals surface area contributed by atoms with Gasteiger partial charge in [0, 0.05) is 32.1 Å². The van der Waals surface area contributed by atoms with E-state index in [1.54, 1.807) is 59.8 Å². The van der Waals surface area contributed by atoms with Gasteiger partial charge < -0.3 is 0 Å². The summed E-state index contributed by atoms with van der Waals surface area (Å²) in [5, 5.41) is 6.98. The van der Waals surface area contributed by atoms with Crippen molar-refractivity contribution >= 4 is 51.1 Å². The number of hydrazone groups is 1. The third-order valence-corrected chi connectivity index (χ3v) is 8.98. The van der Waals surface area contributed by atoms with Gasteiger partial charge in [-0.15, -0.1) is 0 Å².